The zero-order chi connectivity index (χ0) is 23.7. The van der Waals surface area contributed by atoms with Crippen molar-refractivity contribution in [2.45, 2.75) is 13.5 Å². The van der Waals surface area contributed by atoms with Crippen molar-refractivity contribution in [2.75, 3.05) is 17.2 Å². The molecule has 34 heavy (non-hydrogen) atoms. The number of fused-ring (bicyclic) bond motifs is 1. The lowest BCUT2D eigenvalue weighted by atomic mass is 10.0. The zero-order valence-corrected chi connectivity index (χ0v) is 18.2. The Morgan fingerprint density at radius 2 is 1.91 bits per heavy atom. The van der Waals surface area contributed by atoms with Crippen LogP contribution >= 0.6 is 0 Å². The number of ketones is 1. The van der Waals surface area contributed by atoms with Gasteiger partial charge in [0, 0.05) is 30.1 Å². The Morgan fingerprint density at radius 3 is 2.65 bits per heavy atom. The van der Waals surface area contributed by atoms with Crippen LogP contribution in [0.15, 0.2) is 65.5 Å². The zero-order valence-electron chi connectivity index (χ0n) is 18.2. The van der Waals surface area contributed by atoms with Crippen LogP contribution in [0.25, 0.3) is 11.3 Å². The van der Waals surface area contributed by atoms with Crippen LogP contribution in [0.4, 0.5) is 17.2 Å². The maximum absolute atomic E-state index is 13.3. The van der Waals surface area contributed by atoms with E-state index in [9.17, 15) is 14.4 Å². The molecule has 4 aromatic rings. The van der Waals surface area contributed by atoms with Gasteiger partial charge in [0.2, 0.25) is 5.91 Å². The highest BCUT2D eigenvalue weighted by atomic mass is 16.4. The molecule has 10 heteroatoms. The number of nitrogens with zero attached hydrogens (tertiary/aromatic N) is 3. The van der Waals surface area contributed by atoms with Gasteiger partial charge in [0.15, 0.2) is 5.78 Å². The molecule has 0 radical (unpaired) electrons. The summed E-state index contributed by atoms with van der Waals surface area (Å²) >= 11 is 0. The Morgan fingerprint density at radius 1 is 1.09 bits per heavy atom. The molecule has 0 unspecified atom stereocenters. The number of aromatic nitrogens is 3. The van der Waals surface area contributed by atoms with Crippen molar-refractivity contribution < 1.29 is 18.8 Å². The lowest BCUT2D eigenvalue weighted by Gasteiger charge is -2.25. The van der Waals surface area contributed by atoms with E-state index >= 15 is 0 Å². The first-order chi connectivity index (χ1) is 16.5. The molecule has 3 N–H and O–H groups in total. The Kier molecular flexibility index (Phi) is 5.38. The first kappa shape index (κ1) is 21.1. The monoisotopic (exact) mass is 456 g/mol. The fourth-order valence-corrected chi connectivity index (χ4v) is 3.93. The number of H-pyrrole nitrogens is 1. The number of pyridine rings is 1. The summed E-state index contributed by atoms with van der Waals surface area (Å²) in [6.45, 7) is 1.47. The van der Waals surface area contributed by atoms with Gasteiger partial charge in [-0.25, -0.2) is 9.97 Å². The fraction of sp³-hybridized carbons (Fsp3) is 0.125. The van der Waals surface area contributed by atoms with Crippen LogP contribution in [-0.2, 0) is 11.3 Å². The van der Waals surface area contributed by atoms with Crippen LogP contribution in [-0.4, -0.2) is 44.0 Å². The largest absolute Gasteiger partial charge is 0.441 e. The molecule has 0 bridgehead atoms. The van der Waals surface area contributed by atoms with Crippen LogP contribution in [0.1, 0.15) is 33.7 Å². The van der Waals surface area contributed by atoms with Gasteiger partial charge < -0.3 is 24.9 Å². The summed E-state index contributed by atoms with van der Waals surface area (Å²) < 4.78 is 5.12. The average molecular weight is 456 g/mol. The SMILES string of the molecule is CC(=O)Nc1cc(-c2[nH]c3c(c2Nc2ccccc2)C(=O)CN(C(=O)c2ncco2)C3)ccn1. The number of aromatic amines is 1. The Bertz CT molecular complexity index is 1380. The first-order valence-electron chi connectivity index (χ1n) is 10.5. The van der Waals surface area contributed by atoms with E-state index in [1.807, 2.05) is 30.3 Å². The van der Waals surface area contributed by atoms with Crippen molar-refractivity contribution in [2.24, 2.45) is 0 Å². The molecule has 3 aromatic heterocycles. The second kappa shape index (κ2) is 8.66. The summed E-state index contributed by atoms with van der Waals surface area (Å²) in [7, 11) is 0. The molecular weight excluding hydrogens is 436 g/mol. The van der Waals surface area contributed by atoms with Crippen LogP contribution in [0.5, 0.6) is 0 Å². The maximum atomic E-state index is 13.3. The van der Waals surface area contributed by atoms with Crippen LogP contribution in [0, 0.1) is 0 Å². The maximum Gasteiger partial charge on any atom is 0.310 e. The molecule has 170 valence electrons. The molecule has 0 saturated carbocycles. The number of amides is 2. The molecule has 0 spiro atoms. The number of Topliss-reactive ketones (excluding diaryl/α,β-unsaturated/α-hetero) is 1. The molecular formula is C24H20N6O4. The molecule has 10 nitrogen and oxygen atoms in total. The number of nitrogens with one attached hydrogen (secondary N) is 3. The van der Waals surface area contributed by atoms with E-state index in [1.54, 1.807) is 18.3 Å². The number of benzene rings is 1. The number of anilines is 3. The van der Waals surface area contributed by atoms with Gasteiger partial charge in [-0.05, 0) is 24.3 Å². The smallest absolute Gasteiger partial charge is 0.310 e. The third-order valence-electron chi connectivity index (χ3n) is 5.34. The van der Waals surface area contributed by atoms with E-state index in [-0.39, 0.29) is 30.7 Å². The van der Waals surface area contributed by atoms with Crippen LogP contribution in [0.2, 0.25) is 0 Å². The summed E-state index contributed by atoms with van der Waals surface area (Å²) in [5, 5.41) is 6.02. The molecule has 1 aliphatic rings. The highest BCUT2D eigenvalue weighted by molar-refractivity contribution is 6.10. The van der Waals surface area contributed by atoms with Gasteiger partial charge in [0.05, 0.1) is 36.2 Å². The molecule has 0 saturated heterocycles. The summed E-state index contributed by atoms with van der Waals surface area (Å²) in [6, 6.07) is 13.0. The second-order valence-corrected chi connectivity index (χ2v) is 7.75. The quantitative estimate of drug-likeness (QED) is 0.418. The third-order valence-corrected chi connectivity index (χ3v) is 5.34. The van der Waals surface area contributed by atoms with E-state index in [2.05, 4.69) is 25.6 Å². The molecule has 5 rings (SSSR count). The molecule has 2 amide bonds. The molecule has 0 aliphatic carbocycles. The standard InChI is InChI=1S/C24H20N6O4/c1-14(31)27-19-11-15(7-8-25-19)21-22(28-16-5-3-2-4-6-16)20-17(29-21)12-30(13-18(20)32)24(33)23-26-9-10-34-23/h2-11,28-29H,12-13H2,1H3,(H,25,27,31). The molecule has 1 aromatic carbocycles. The predicted molar refractivity (Wildman–Crippen MR) is 124 cm³/mol. The van der Waals surface area contributed by atoms with Crippen molar-refractivity contribution in [3.63, 3.8) is 0 Å². The summed E-state index contributed by atoms with van der Waals surface area (Å²) in [5.74, 6) is -0.614. The van der Waals surface area contributed by atoms with E-state index in [0.29, 0.717) is 34.0 Å². The van der Waals surface area contributed by atoms with Crippen molar-refractivity contribution >= 4 is 34.8 Å². The minimum absolute atomic E-state index is 0.0697. The number of para-hydroxylation sites is 1. The van der Waals surface area contributed by atoms with Gasteiger partial charge in [-0.1, -0.05) is 18.2 Å². The Labute approximate surface area is 194 Å². The van der Waals surface area contributed by atoms with Crippen molar-refractivity contribution in [3.05, 3.63) is 78.3 Å². The minimum atomic E-state index is -0.463. The normalized spacial score (nSPS) is 12.9. The lowest BCUT2D eigenvalue weighted by Crippen LogP contribution is -2.39. The summed E-state index contributed by atoms with van der Waals surface area (Å²) in [4.78, 5) is 50.3. The lowest BCUT2D eigenvalue weighted by molar-refractivity contribution is -0.114. The summed E-state index contributed by atoms with van der Waals surface area (Å²) in [5.41, 5.74) is 3.81. The van der Waals surface area contributed by atoms with E-state index in [1.165, 1.54) is 24.3 Å². The number of carbonyl (C=O) groups excluding carboxylic acids is 3. The van der Waals surface area contributed by atoms with Gasteiger partial charge in [0.1, 0.15) is 12.1 Å². The van der Waals surface area contributed by atoms with Gasteiger partial charge >= 0.3 is 5.91 Å². The summed E-state index contributed by atoms with van der Waals surface area (Å²) in [6.07, 6.45) is 4.28. The van der Waals surface area contributed by atoms with Gasteiger partial charge in [0.25, 0.3) is 5.89 Å². The third kappa shape index (κ3) is 4.04. The Hall–Kier alpha value is -4.73. The number of oxazole rings is 1. The number of carbonyl (C=O) groups is 3. The van der Waals surface area contributed by atoms with Crippen LogP contribution in [0.3, 0.4) is 0 Å². The van der Waals surface area contributed by atoms with Gasteiger partial charge in [-0.2, -0.15) is 0 Å². The minimum Gasteiger partial charge on any atom is -0.441 e. The fourth-order valence-electron chi connectivity index (χ4n) is 3.93. The van der Waals surface area contributed by atoms with Crippen LogP contribution < -0.4 is 10.6 Å². The number of rotatable bonds is 5. The topological polar surface area (TPSA) is 133 Å². The van der Waals surface area contributed by atoms with E-state index < -0.39 is 5.91 Å². The second-order valence-electron chi connectivity index (χ2n) is 7.75. The van der Waals surface area contributed by atoms with E-state index in [4.69, 9.17) is 4.42 Å². The predicted octanol–water partition coefficient (Wildman–Crippen LogP) is 3.61. The van der Waals surface area contributed by atoms with E-state index in [0.717, 1.165) is 5.69 Å². The van der Waals surface area contributed by atoms with Gasteiger partial charge in [-0.3, -0.25) is 14.4 Å². The molecule has 0 atom stereocenters. The highest BCUT2D eigenvalue weighted by Crippen LogP contribution is 2.38. The molecule has 1 aliphatic heterocycles. The first-order valence-corrected chi connectivity index (χ1v) is 10.5. The average Bonchev–Trinajstić information content (AvgIpc) is 3.48. The highest BCUT2D eigenvalue weighted by Gasteiger charge is 2.34. The molecule has 0 fully saturated rings. The number of hydrogen-bond donors (Lipinski definition) is 3. The van der Waals surface area contributed by atoms with Crippen molar-refractivity contribution in [3.8, 4) is 11.3 Å². The number of hydrogen-bond acceptors (Lipinski definition) is 7. The van der Waals surface area contributed by atoms with Gasteiger partial charge in [-0.15, -0.1) is 0 Å². The Balaban J connectivity index is 1.58. The molecule has 4 heterocycles. The van der Waals surface area contributed by atoms with Crippen molar-refractivity contribution in [1.29, 1.82) is 0 Å². The van der Waals surface area contributed by atoms with Crippen molar-refractivity contribution in [1.82, 2.24) is 19.9 Å².